The van der Waals surface area contributed by atoms with E-state index < -0.39 is 80.0 Å². The summed E-state index contributed by atoms with van der Waals surface area (Å²) < 4.78 is 148. The number of hydrogen-bond acceptors (Lipinski definition) is 32. The molecule has 4 saturated heterocycles. The smallest absolute Gasteiger partial charge is 0.281 e. The van der Waals surface area contributed by atoms with E-state index in [0.717, 1.165) is 61.3 Å². The van der Waals surface area contributed by atoms with Gasteiger partial charge in [0, 0.05) is 107 Å². The molecule has 12 aromatic rings. The minimum Gasteiger partial charge on any atom is -0.493 e. The largest absolute Gasteiger partial charge is 0.493 e. The summed E-state index contributed by atoms with van der Waals surface area (Å²) in [5, 5.41) is 5.57. The summed E-state index contributed by atoms with van der Waals surface area (Å²) in [6, 6.07) is 40.8. The number of H-pyrrole nitrogens is 2. The summed E-state index contributed by atoms with van der Waals surface area (Å²) in [6.45, 7) is 39.8. The molecule has 0 spiro atoms. The van der Waals surface area contributed by atoms with Crippen molar-refractivity contribution in [3.8, 4) is 68.3 Å². The number of sulfonamides is 4. The van der Waals surface area contributed by atoms with Crippen LogP contribution in [0.1, 0.15) is 210 Å². The Labute approximate surface area is 866 Å². The summed E-state index contributed by atoms with van der Waals surface area (Å²) >= 11 is 6.30. The van der Waals surface area contributed by atoms with Gasteiger partial charge < -0.3 is 55.0 Å². The van der Waals surface area contributed by atoms with Crippen molar-refractivity contribution in [2.75, 3.05) is 50.8 Å². The highest BCUT2D eigenvalue weighted by molar-refractivity contribution is 7.91. The minimum absolute atomic E-state index is 0.00261. The van der Waals surface area contributed by atoms with Gasteiger partial charge in [0.25, 0.3) is 69.3 Å². The number of ether oxygens (including phenoxy) is 4. The van der Waals surface area contributed by atoms with Gasteiger partial charge in [-0.15, -0.1) is 0 Å². The number of rotatable bonds is 29. The maximum absolute atomic E-state index is 14.5. The normalized spacial score (nSPS) is 17.5. The Morgan fingerprint density at radius 3 is 1.45 bits per heavy atom. The maximum Gasteiger partial charge on any atom is 0.281 e. The number of nitrogens with two attached hydrogens (primary N) is 2. The number of amides is 4. The third-order valence-electron chi connectivity index (χ3n) is 25.3. The molecule has 148 heavy (non-hydrogen) atoms. The molecule has 786 valence electrons. The standard InChI is InChI=1S/C27H34N6O4S.C26H29ClN4O5S.C26H32FN5O4S.C25H30N6O4S/c1-16(2)37-22-11-10-19(14-29-22)24-18(4)12-20(25(31-24)33-15-17(3)13-27(33,5)6)26(34)32-38(35,36)23-9-7-8-21(28)30-23;1-15(2)36-22-14-18(9-11-20(22)27)21-12-10-19(24(29-21)31-16(3)7-8-17(31)4)25(32)30-37(34,35)23-6-5-13-28-26(23)33;1-16(2)15-36-20-13-18(12-19(27)14-20)22-7-6-21(24(29-22)32-11-9-17(3)26(32,4)5)25(33)31-37(34,35)23-8-10-28-30-23;1-15(2)35-22-13-10-18(14-27-22)20-12-11-19(24(28-20)31-16(3)8-9-17(31)4)25(32)30-36(33,34)23-7-5-6-21(26)29-23/h7-12,14,16-17H,13,15H2,1-6H3,(H2,28,30)(H,32,34);5-6,9-17H,7-8H2,1-4H3,(H,28,33)(H,30,32);6-8,10,12-14,16-17H,9,11,15H2,1-5H3,(H,28,30)(H,31,33);5-7,10-17H,8-9H2,1-4H3,(H2,26,29)(H,30,32)/t;16-,17+;;16-,17+. The molecule has 2 unspecified atom stereocenters. The number of hydrogen-bond donors (Lipinski definition) is 8. The SMILES string of the molecule is CC(C)COc1cc(F)cc(-c2ccc(C(=O)NS(=O)(=O)c3ccn[nH]3)c(N3CCC(C)C3(C)C)n2)c1.CC(C)Oc1cc(-c2ccc(C(=O)NS(=O)(=O)c3ccc[nH]c3=O)c(N3[C@H](C)CC[C@@H]3C)n2)ccc1Cl.CC(C)Oc1ccc(-c2ccc(C(=O)NS(=O)(=O)c3cccc(N)n3)c(N3[C@H](C)CC[C@@H]3C)n2)cn1.Cc1cc(C(=O)NS(=O)(=O)c2cccc(N)n2)c(N2CC(C)CC2(C)C)nc1-c1ccc(OC(C)C)nc1. The van der Waals surface area contributed by atoms with Crippen molar-refractivity contribution in [2.24, 2.45) is 17.8 Å². The summed E-state index contributed by atoms with van der Waals surface area (Å²) in [5.41, 5.74) is 16.0. The molecule has 6 atom stereocenters. The number of aromatic nitrogens is 11. The van der Waals surface area contributed by atoms with E-state index >= 15 is 0 Å². The maximum atomic E-state index is 14.5. The molecule has 14 heterocycles. The first-order valence-corrected chi connectivity index (χ1v) is 54.7. The van der Waals surface area contributed by atoms with E-state index in [-0.39, 0.29) is 108 Å². The van der Waals surface area contributed by atoms with Gasteiger partial charge >= 0.3 is 0 Å². The minimum atomic E-state index is -4.41. The van der Waals surface area contributed by atoms with Crippen LogP contribution in [0, 0.1) is 30.5 Å². The summed E-state index contributed by atoms with van der Waals surface area (Å²) in [5.74, 6) is 0.700. The van der Waals surface area contributed by atoms with E-state index in [1.165, 1.54) is 79.1 Å². The van der Waals surface area contributed by atoms with Crippen molar-refractivity contribution in [1.29, 1.82) is 0 Å². The summed E-state index contributed by atoms with van der Waals surface area (Å²) in [4.78, 5) is 111. The molecule has 4 fully saturated rings. The first-order chi connectivity index (χ1) is 69.7. The van der Waals surface area contributed by atoms with Crippen molar-refractivity contribution < 1.29 is 76.2 Å². The third-order valence-corrected chi connectivity index (χ3v) is 30.7. The van der Waals surface area contributed by atoms with Crippen LogP contribution in [-0.4, -0.2) is 186 Å². The monoisotopic (exact) mass is 2120 g/mol. The van der Waals surface area contributed by atoms with Crippen molar-refractivity contribution in [3.63, 3.8) is 0 Å². The highest BCUT2D eigenvalue weighted by atomic mass is 35.5. The Hall–Kier alpha value is -14.3. The number of halogens is 2. The van der Waals surface area contributed by atoms with Crippen molar-refractivity contribution in [1.82, 2.24) is 73.9 Å². The fraction of sp³-hybridized carbons (Fsp3) is 0.385. The van der Waals surface area contributed by atoms with E-state index in [4.69, 9.17) is 62.0 Å². The average Bonchev–Trinajstić information content (AvgIpc) is 1.62. The van der Waals surface area contributed by atoms with Crippen LogP contribution in [0.3, 0.4) is 0 Å². The molecule has 0 bridgehead atoms. The zero-order valence-corrected chi connectivity index (χ0v) is 89.8. The van der Waals surface area contributed by atoms with Gasteiger partial charge in [0.15, 0.2) is 20.0 Å². The van der Waals surface area contributed by atoms with Crippen LogP contribution >= 0.6 is 11.6 Å². The Morgan fingerprint density at radius 2 is 0.986 bits per heavy atom. The molecule has 0 aliphatic carbocycles. The summed E-state index contributed by atoms with van der Waals surface area (Å²) in [6.07, 6.45) is 11.3. The Balaban J connectivity index is 0.000000165. The van der Waals surface area contributed by atoms with Crippen LogP contribution in [0.25, 0.3) is 45.0 Å². The van der Waals surface area contributed by atoms with Gasteiger partial charge in [-0.1, -0.05) is 57.5 Å². The number of aryl methyl sites for hydroxylation is 1. The van der Waals surface area contributed by atoms with Crippen LogP contribution in [0.4, 0.5) is 39.3 Å². The van der Waals surface area contributed by atoms with Crippen molar-refractivity contribution in [3.05, 3.63) is 232 Å². The zero-order chi connectivity index (χ0) is 108. The van der Waals surface area contributed by atoms with Crippen LogP contribution in [-0.2, 0) is 40.1 Å². The van der Waals surface area contributed by atoms with Gasteiger partial charge in [0.05, 0.1) is 81.2 Å². The second-order valence-corrected chi connectivity index (χ2v) is 46.4. The molecule has 16 rings (SSSR count). The van der Waals surface area contributed by atoms with Crippen molar-refractivity contribution >= 4 is 110 Å². The molecule has 2 aromatic carbocycles. The van der Waals surface area contributed by atoms with Gasteiger partial charge in [0.1, 0.15) is 52.2 Å². The highest BCUT2D eigenvalue weighted by Gasteiger charge is 2.44. The van der Waals surface area contributed by atoms with Gasteiger partial charge in [0.2, 0.25) is 11.8 Å². The van der Waals surface area contributed by atoms with Gasteiger partial charge in [-0.25, -0.2) is 71.6 Å². The quantitative estimate of drug-likeness (QED) is 0.0216. The van der Waals surface area contributed by atoms with Crippen LogP contribution in [0.5, 0.6) is 23.3 Å². The molecular formula is C104H125ClFN21O17S4. The molecule has 0 saturated carbocycles. The Kier molecular flexibility index (Phi) is 34.5. The summed E-state index contributed by atoms with van der Waals surface area (Å²) in [7, 11) is -17.1. The second kappa shape index (κ2) is 46.0. The van der Waals surface area contributed by atoms with Gasteiger partial charge in [-0.2, -0.15) is 30.4 Å². The van der Waals surface area contributed by atoms with Crippen molar-refractivity contribution in [2.45, 2.75) is 244 Å². The topological polar surface area (TPSA) is 520 Å². The molecule has 0 radical (unpaired) electrons. The molecular weight excluding hydrogens is 2000 g/mol. The van der Waals surface area contributed by atoms with Gasteiger partial charge in [-0.3, -0.25) is 29.1 Å². The number of nitrogens with one attached hydrogen (secondary N) is 6. The Morgan fingerprint density at radius 1 is 0.507 bits per heavy atom. The second-order valence-electron chi connectivity index (χ2n) is 39.4. The van der Waals surface area contributed by atoms with Crippen LogP contribution in [0.15, 0.2) is 207 Å². The molecule has 44 heteroatoms. The van der Waals surface area contributed by atoms with Crippen LogP contribution in [0.2, 0.25) is 5.02 Å². The molecule has 10 N–H and O–H groups in total. The lowest BCUT2D eigenvalue weighted by Crippen LogP contribution is -2.43. The number of carbonyl (C=O) groups excluding carboxylic acids is 4. The van der Waals surface area contributed by atoms with Gasteiger partial charge in [-0.05, 0) is 287 Å². The first-order valence-electron chi connectivity index (χ1n) is 48.4. The number of nitrogen functional groups attached to an aromatic ring is 2. The zero-order valence-electron chi connectivity index (χ0n) is 85.8. The van der Waals surface area contributed by atoms with E-state index in [1.807, 2.05) is 109 Å². The van der Waals surface area contributed by atoms with E-state index in [0.29, 0.717) is 117 Å². The van der Waals surface area contributed by atoms with E-state index in [2.05, 4.69) is 114 Å². The molecule has 4 aliphatic heterocycles. The van der Waals surface area contributed by atoms with E-state index in [9.17, 15) is 62.0 Å². The molecule has 4 amide bonds. The molecule has 38 nitrogen and oxygen atoms in total. The fourth-order valence-corrected chi connectivity index (χ4v) is 21.8. The number of carbonyl (C=O) groups is 4. The van der Waals surface area contributed by atoms with Crippen LogP contribution < -0.4 is 74.5 Å². The first kappa shape index (κ1) is 111. The number of aromatic amines is 2. The average molecular weight is 2120 g/mol. The number of benzene rings is 2. The Bertz CT molecular complexity index is 7420. The lowest BCUT2D eigenvalue weighted by Gasteiger charge is -2.36. The highest BCUT2D eigenvalue weighted by Crippen LogP contribution is 2.44. The number of nitrogens with zero attached hydrogens (tertiary/aromatic N) is 13. The molecule has 4 aliphatic rings. The lowest BCUT2D eigenvalue weighted by molar-refractivity contribution is 0.0972. The third kappa shape index (κ3) is 26.6. The molecule has 10 aromatic heterocycles. The predicted molar refractivity (Wildman–Crippen MR) is 565 cm³/mol. The fourth-order valence-electron chi connectivity index (χ4n) is 17.9. The predicted octanol–water partition coefficient (Wildman–Crippen LogP) is 16.1. The number of pyridine rings is 9. The number of anilines is 6. The lowest BCUT2D eigenvalue weighted by atomic mass is 9.90. The van der Waals surface area contributed by atoms with E-state index in [1.54, 1.807) is 79.1 Å².